The highest BCUT2D eigenvalue weighted by atomic mass is 19.1. The summed E-state index contributed by atoms with van der Waals surface area (Å²) in [5.74, 6) is -0.753. The number of ether oxygens (including phenoxy) is 1. The van der Waals surface area contributed by atoms with Gasteiger partial charge >= 0.3 is 6.03 Å². The minimum absolute atomic E-state index is 0.0421. The molecule has 0 unspecified atom stereocenters. The van der Waals surface area contributed by atoms with E-state index in [4.69, 9.17) is 4.74 Å². The fourth-order valence-corrected chi connectivity index (χ4v) is 3.91. The Kier molecular flexibility index (Phi) is 8.44. The lowest BCUT2D eigenvalue weighted by atomic mass is 10.0. The van der Waals surface area contributed by atoms with E-state index in [1.54, 1.807) is 18.2 Å². The first-order valence-corrected chi connectivity index (χ1v) is 11.7. The molecule has 3 aromatic carbocycles. The van der Waals surface area contributed by atoms with Crippen molar-refractivity contribution in [2.45, 2.75) is 31.2 Å². The molecule has 0 radical (unpaired) electrons. The highest BCUT2D eigenvalue weighted by Crippen LogP contribution is 2.20. The number of aliphatic hydroxyl groups excluding tert-OH is 1. The summed E-state index contributed by atoms with van der Waals surface area (Å²) < 4.78 is 19.5. The largest absolute Gasteiger partial charge is 0.394 e. The van der Waals surface area contributed by atoms with Crippen LogP contribution in [0.1, 0.15) is 12.0 Å². The second-order valence-electron chi connectivity index (χ2n) is 8.43. The van der Waals surface area contributed by atoms with Crippen LogP contribution >= 0.6 is 0 Å². The lowest BCUT2D eigenvalue weighted by Crippen LogP contribution is -2.50. The Labute approximate surface area is 209 Å². The number of carbonyl (C=O) groups is 2. The molecule has 0 saturated heterocycles. The Morgan fingerprint density at radius 3 is 2.31 bits per heavy atom. The van der Waals surface area contributed by atoms with Crippen molar-refractivity contribution in [2.75, 3.05) is 11.9 Å². The summed E-state index contributed by atoms with van der Waals surface area (Å²) in [6, 6.07) is 22.6. The number of para-hydroxylation sites is 1. The van der Waals surface area contributed by atoms with Gasteiger partial charge in [0.25, 0.3) is 0 Å². The minimum Gasteiger partial charge on any atom is -0.394 e. The zero-order chi connectivity index (χ0) is 25.3. The normalized spacial score (nSPS) is 18.9. The number of carbonyl (C=O) groups excluding carboxylic acids is 2. The maximum Gasteiger partial charge on any atom is 0.319 e. The summed E-state index contributed by atoms with van der Waals surface area (Å²) in [6.45, 7) is 0.0228. The molecule has 3 amide bonds. The molecule has 1 aliphatic rings. The van der Waals surface area contributed by atoms with Gasteiger partial charge in [-0.05, 0) is 28.8 Å². The van der Waals surface area contributed by atoms with Crippen molar-refractivity contribution in [3.63, 3.8) is 0 Å². The van der Waals surface area contributed by atoms with Crippen molar-refractivity contribution in [3.05, 3.63) is 102 Å². The van der Waals surface area contributed by atoms with Gasteiger partial charge in [0.15, 0.2) is 0 Å². The lowest BCUT2D eigenvalue weighted by Gasteiger charge is -2.31. The Hall–Kier alpha value is -4.01. The first kappa shape index (κ1) is 25.1. The van der Waals surface area contributed by atoms with Crippen LogP contribution in [0.25, 0.3) is 11.1 Å². The fraction of sp³-hybridized carbons (Fsp3) is 0.214. The number of urea groups is 1. The third kappa shape index (κ3) is 6.78. The van der Waals surface area contributed by atoms with Crippen LogP contribution in [0, 0.1) is 5.82 Å². The SMILES string of the molecule is O=C(C[C@@H]1C=C[C@@H](NC(=O)Nc2ccccc2F)[C@H](CO)O1)NCc1ccc(-c2ccccc2)cc1. The lowest BCUT2D eigenvalue weighted by molar-refractivity contribution is -0.125. The molecule has 1 heterocycles. The van der Waals surface area contributed by atoms with E-state index in [2.05, 4.69) is 16.0 Å². The van der Waals surface area contributed by atoms with Crippen LogP contribution in [-0.2, 0) is 16.1 Å². The van der Waals surface area contributed by atoms with Gasteiger partial charge in [-0.1, -0.05) is 78.9 Å². The van der Waals surface area contributed by atoms with Gasteiger partial charge in [0.1, 0.15) is 11.9 Å². The van der Waals surface area contributed by atoms with E-state index in [1.807, 2.05) is 54.6 Å². The predicted molar refractivity (Wildman–Crippen MR) is 136 cm³/mol. The van der Waals surface area contributed by atoms with E-state index in [-0.39, 0.29) is 24.6 Å². The van der Waals surface area contributed by atoms with Gasteiger partial charge in [0.05, 0.1) is 30.9 Å². The summed E-state index contributed by atoms with van der Waals surface area (Å²) >= 11 is 0. The van der Waals surface area contributed by atoms with Gasteiger partial charge in [-0.3, -0.25) is 4.79 Å². The van der Waals surface area contributed by atoms with Crippen molar-refractivity contribution in [1.29, 1.82) is 0 Å². The average molecular weight is 490 g/mol. The molecule has 4 rings (SSSR count). The van der Waals surface area contributed by atoms with E-state index >= 15 is 0 Å². The quantitative estimate of drug-likeness (QED) is 0.360. The van der Waals surface area contributed by atoms with Crippen LogP contribution in [0.2, 0.25) is 0 Å². The zero-order valence-electron chi connectivity index (χ0n) is 19.6. The predicted octanol–water partition coefficient (Wildman–Crippen LogP) is 4.01. The van der Waals surface area contributed by atoms with E-state index in [0.717, 1.165) is 16.7 Å². The maximum atomic E-state index is 13.7. The van der Waals surface area contributed by atoms with E-state index in [0.29, 0.717) is 6.54 Å². The van der Waals surface area contributed by atoms with Gasteiger partial charge in [-0.25, -0.2) is 9.18 Å². The molecule has 186 valence electrons. The van der Waals surface area contributed by atoms with Crippen molar-refractivity contribution in [1.82, 2.24) is 10.6 Å². The van der Waals surface area contributed by atoms with E-state index in [9.17, 15) is 19.1 Å². The van der Waals surface area contributed by atoms with Crippen LogP contribution in [-0.4, -0.2) is 41.9 Å². The number of aliphatic hydroxyl groups is 1. The number of rotatable bonds is 8. The van der Waals surface area contributed by atoms with Crippen molar-refractivity contribution in [3.8, 4) is 11.1 Å². The number of nitrogens with one attached hydrogen (secondary N) is 3. The summed E-state index contributed by atoms with van der Waals surface area (Å²) in [6.07, 6.45) is 2.13. The highest BCUT2D eigenvalue weighted by Gasteiger charge is 2.29. The number of amides is 3. The third-order valence-electron chi connectivity index (χ3n) is 5.82. The summed E-state index contributed by atoms with van der Waals surface area (Å²) in [7, 11) is 0. The minimum atomic E-state index is -0.746. The Bertz CT molecular complexity index is 1200. The topological polar surface area (TPSA) is 99.7 Å². The Morgan fingerprint density at radius 2 is 1.58 bits per heavy atom. The monoisotopic (exact) mass is 489 g/mol. The first-order chi connectivity index (χ1) is 17.5. The van der Waals surface area contributed by atoms with Gasteiger partial charge in [0, 0.05) is 6.54 Å². The molecule has 3 atom stereocenters. The maximum absolute atomic E-state index is 13.7. The molecule has 4 N–H and O–H groups in total. The molecular formula is C28H28FN3O4. The van der Waals surface area contributed by atoms with Gasteiger partial charge in [0.2, 0.25) is 5.91 Å². The van der Waals surface area contributed by atoms with Crippen molar-refractivity contribution in [2.24, 2.45) is 0 Å². The average Bonchev–Trinajstić information content (AvgIpc) is 2.90. The molecule has 0 spiro atoms. The molecule has 0 bridgehead atoms. The van der Waals surface area contributed by atoms with E-state index < -0.39 is 30.1 Å². The Balaban J connectivity index is 1.25. The number of anilines is 1. The molecule has 8 heteroatoms. The van der Waals surface area contributed by atoms with Crippen LogP contribution in [0.15, 0.2) is 91.0 Å². The molecule has 7 nitrogen and oxygen atoms in total. The Morgan fingerprint density at radius 1 is 0.889 bits per heavy atom. The molecule has 0 fully saturated rings. The van der Waals surface area contributed by atoms with Crippen LogP contribution in [0.3, 0.4) is 0 Å². The molecular weight excluding hydrogens is 461 g/mol. The third-order valence-corrected chi connectivity index (χ3v) is 5.82. The van der Waals surface area contributed by atoms with Gasteiger partial charge in [-0.15, -0.1) is 0 Å². The van der Waals surface area contributed by atoms with Crippen LogP contribution in [0.5, 0.6) is 0 Å². The van der Waals surface area contributed by atoms with Crippen molar-refractivity contribution < 1.29 is 23.8 Å². The molecule has 0 aliphatic carbocycles. The number of benzene rings is 3. The molecule has 3 aromatic rings. The summed E-state index contributed by atoms with van der Waals surface area (Å²) in [5.41, 5.74) is 3.25. The smallest absolute Gasteiger partial charge is 0.319 e. The molecule has 0 aromatic heterocycles. The second kappa shape index (κ2) is 12.1. The summed E-state index contributed by atoms with van der Waals surface area (Å²) in [5, 5.41) is 17.7. The first-order valence-electron chi connectivity index (χ1n) is 11.7. The van der Waals surface area contributed by atoms with Crippen LogP contribution in [0.4, 0.5) is 14.9 Å². The molecule has 36 heavy (non-hydrogen) atoms. The van der Waals surface area contributed by atoms with E-state index in [1.165, 1.54) is 18.2 Å². The zero-order valence-corrected chi connectivity index (χ0v) is 19.6. The van der Waals surface area contributed by atoms with Gasteiger partial charge in [-0.2, -0.15) is 0 Å². The summed E-state index contributed by atoms with van der Waals surface area (Å²) in [4.78, 5) is 24.7. The number of hydrogen-bond acceptors (Lipinski definition) is 4. The van der Waals surface area contributed by atoms with Crippen LogP contribution < -0.4 is 16.0 Å². The number of halogens is 1. The highest BCUT2D eigenvalue weighted by molar-refractivity contribution is 5.89. The fourth-order valence-electron chi connectivity index (χ4n) is 3.91. The molecule has 0 saturated carbocycles. The second-order valence-corrected chi connectivity index (χ2v) is 8.43. The van der Waals surface area contributed by atoms with Gasteiger partial charge < -0.3 is 25.8 Å². The number of hydrogen-bond donors (Lipinski definition) is 4. The van der Waals surface area contributed by atoms with Crippen molar-refractivity contribution >= 4 is 17.6 Å². The standard InChI is InChI=1S/C28H28FN3O4/c29-23-8-4-5-9-24(23)31-28(35)32-25-15-14-22(36-26(25)18-33)16-27(34)30-17-19-10-12-21(13-11-19)20-6-2-1-3-7-20/h1-15,22,25-26,33H,16-18H2,(H,30,34)(H2,31,32,35)/t22-,25+,26-/m0/s1. The molecule has 1 aliphatic heterocycles.